The smallest absolute Gasteiger partial charge is 0.191 e. The topological polar surface area (TPSA) is 48.9 Å². The Morgan fingerprint density at radius 3 is 2.65 bits per heavy atom. The summed E-state index contributed by atoms with van der Waals surface area (Å²) < 4.78 is 19.5. The number of rotatable bonds is 5. The minimum Gasteiger partial charge on any atom is -0.381 e. The average Bonchev–Trinajstić information content (AvgIpc) is 3.26. The van der Waals surface area contributed by atoms with E-state index in [1.807, 2.05) is 12.1 Å². The van der Waals surface area contributed by atoms with Crippen molar-refractivity contribution in [3.8, 4) is 0 Å². The molecule has 7 heteroatoms. The van der Waals surface area contributed by atoms with Gasteiger partial charge in [0, 0.05) is 57.0 Å². The third kappa shape index (κ3) is 5.88. The zero-order valence-electron chi connectivity index (χ0n) is 18.0. The standard InChI is InChI=1S/C24H31FN4O.HI/c1-26-23(28-21-10-13-29(17-21)22-8-3-2-4-9-22)27-18-24(11-14-30-15-12-24)19-6-5-7-20(25)16-19;/h2-9,16,21H,10-15,17-18H2,1H3,(H2,26,27,28);1H. The molecule has 0 spiro atoms. The second kappa shape index (κ2) is 11.1. The number of hydrogen-bond donors (Lipinski definition) is 2. The molecular weight excluding hydrogens is 506 g/mol. The van der Waals surface area contributed by atoms with Gasteiger partial charge in [0.25, 0.3) is 0 Å². The van der Waals surface area contributed by atoms with E-state index in [2.05, 4.69) is 44.8 Å². The average molecular weight is 538 g/mol. The number of hydrogen-bond acceptors (Lipinski definition) is 3. The maximum Gasteiger partial charge on any atom is 0.191 e. The van der Waals surface area contributed by atoms with Gasteiger partial charge >= 0.3 is 0 Å². The summed E-state index contributed by atoms with van der Waals surface area (Å²) in [6.07, 6.45) is 2.80. The van der Waals surface area contributed by atoms with Crippen LogP contribution < -0.4 is 15.5 Å². The quantitative estimate of drug-likeness (QED) is 0.344. The predicted octanol–water partition coefficient (Wildman–Crippen LogP) is 3.94. The van der Waals surface area contributed by atoms with Crippen molar-refractivity contribution >= 4 is 35.6 Å². The molecule has 168 valence electrons. The van der Waals surface area contributed by atoms with Gasteiger partial charge < -0.3 is 20.3 Å². The molecule has 0 radical (unpaired) electrons. The van der Waals surface area contributed by atoms with Gasteiger partial charge in [-0.3, -0.25) is 4.99 Å². The third-order valence-electron chi connectivity index (χ3n) is 6.36. The highest BCUT2D eigenvalue weighted by molar-refractivity contribution is 14.0. The molecule has 2 aliphatic rings. The van der Waals surface area contributed by atoms with Crippen LogP contribution in [0.5, 0.6) is 0 Å². The van der Waals surface area contributed by atoms with Gasteiger partial charge in [-0.15, -0.1) is 24.0 Å². The van der Waals surface area contributed by atoms with E-state index in [4.69, 9.17) is 4.74 Å². The SMILES string of the molecule is CN=C(NCC1(c2cccc(F)c2)CCOCC1)NC1CCN(c2ccccc2)C1.I. The zero-order valence-corrected chi connectivity index (χ0v) is 20.3. The number of ether oxygens (including phenoxy) is 1. The molecule has 0 saturated carbocycles. The molecule has 1 atom stereocenters. The summed E-state index contributed by atoms with van der Waals surface area (Å²) in [4.78, 5) is 6.85. The van der Waals surface area contributed by atoms with Crippen LogP contribution in [0.4, 0.5) is 10.1 Å². The summed E-state index contributed by atoms with van der Waals surface area (Å²) in [6.45, 7) is 4.07. The van der Waals surface area contributed by atoms with E-state index < -0.39 is 0 Å². The molecule has 2 fully saturated rings. The van der Waals surface area contributed by atoms with Crippen LogP contribution in [0.2, 0.25) is 0 Å². The molecule has 0 aliphatic carbocycles. The second-order valence-electron chi connectivity index (χ2n) is 8.24. The number of nitrogens with one attached hydrogen (secondary N) is 2. The Labute approximate surface area is 201 Å². The van der Waals surface area contributed by atoms with Gasteiger partial charge in [0.1, 0.15) is 5.82 Å². The van der Waals surface area contributed by atoms with Crippen molar-refractivity contribution in [3.63, 3.8) is 0 Å². The summed E-state index contributed by atoms with van der Waals surface area (Å²) in [5.74, 6) is 0.616. The number of nitrogens with zero attached hydrogens (tertiary/aromatic N) is 2. The van der Waals surface area contributed by atoms with Crippen molar-refractivity contribution in [2.24, 2.45) is 4.99 Å². The minimum atomic E-state index is -0.187. The van der Waals surface area contributed by atoms with E-state index in [9.17, 15) is 4.39 Å². The van der Waals surface area contributed by atoms with Gasteiger partial charge in [-0.2, -0.15) is 0 Å². The lowest BCUT2D eigenvalue weighted by atomic mass is 9.74. The van der Waals surface area contributed by atoms with Gasteiger partial charge in [-0.25, -0.2) is 4.39 Å². The first-order valence-electron chi connectivity index (χ1n) is 10.8. The molecule has 2 aromatic rings. The van der Waals surface area contributed by atoms with Gasteiger partial charge in [-0.05, 0) is 49.1 Å². The van der Waals surface area contributed by atoms with Crippen molar-refractivity contribution in [2.75, 3.05) is 44.8 Å². The molecule has 0 amide bonds. The van der Waals surface area contributed by atoms with Crippen LogP contribution in [0.25, 0.3) is 0 Å². The van der Waals surface area contributed by atoms with Crippen molar-refractivity contribution in [2.45, 2.75) is 30.7 Å². The molecular formula is C24H32FIN4O. The van der Waals surface area contributed by atoms with Gasteiger partial charge in [0.15, 0.2) is 5.96 Å². The first-order valence-corrected chi connectivity index (χ1v) is 10.8. The molecule has 2 aliphatic heterocycles. The van der Waals surface area contributed by atoms with Crippen LogP contribution in [0.15, 0.2) is 59.6 Å². The lowest BCUT2D eigenvalue weighted by molar-refractivity contribution is 0.0512. The Morgan fingerprint density at radius 2 is 1.94 bits per heavy atom. The summed E-state index contributed by atoms with van der Waals surface area (Å²) in [6, 6.07) is 17.9. The molecule has 5 nitrogen and oxygen atoms in total. The highest BCUT2D eigenvalue weighted by atomic mass is 127. The first kappa shape index (κ1) is 23.8. The van der Waals surface area contributed by atoms with E-state index >= 15 is 0 Å². The molecule has 31 heavy (non-hydrogen) atoms. The van der Waals surface area contributed by atoms with Gasteiger partial charge in [0.2, 0.25) is 0 Å². The number of aliphatic imine (C=N–C) groups is 1. The Kier molecular flexibility index (Phi) is 8.54. The Bertz CT molecular complexity index is 858. The number of benzene rings is 2. The monoisotopic (exact) mass is 538 g/mol. The maximum atomic E-state index is 13.9. The lowest BCUT2D eigenvalue weighted by Gasteiger charge is -2.38. The largest absolute Gasteiger partial charge is 0.381 e. The van der Waals surface area contributed by atoms with Crippen LogP contribution in [0.1, 0.15) is 24.8 Å². The van der Waals surface area contributed by atoms with Gasteiger partial charge in [-0.1, -0.05) is 30.3 Å². The van der Waals surface area contributed by atoms with Crippen LogP contribution in [0, 0.1) is 5.82 Å². The Morgan fingerprint density at radius 1 is 1.16 bits per heavy atom. The minimum absolute atomic E-state index is 0. The van der Waals surface area contributed by atoms with E-state index in [0.29, 0.717) is 25.8 Å². The molecule has 0 bridgehead atoms. The van der Waals surface area contributed by atoms with Crippen molar-refractivity contribution in [1.82, 2.24) is 10.6 Å². The van der Waals surface area contributed by atoms with Crippen molar-refractivity contribution in [1.29, 1.82) is 0 Å². The Hall–Kier alpha value is -1.87. The molecule has 0 aromatic heterocycles. The fourth-order valence-electron chi connectivity index (χ4n) is 4.54. The number of halogens is 2. The van der Waals surface area contributed by atoms with E-state index in [0.717, 1.165) is 43.9 Å². The van der Waals surface area contributed by atoms with Crippen LogP contribution >= 0.6 is 24.0 Å². The summed E-state index contributed by atoms with van der Waals surface area (Å²) in [5.41, 5.74) is 2.14. The van der Waals surface area contributed by atoms with E-state index in [1.54, 1.807) is 19.2 Å². The molecule has 2 aromatic carbocycles. The molecule has 2 heterocycles. The summed E-state index contributed by atoms with van der Waals surface area (Å²) in [5, 5.41) is 7.10. The first-order chi connectivity index (χ1) is 14.7. The number of para-hydroxylation sites is 1. The lowest BCUT2D eigenvalue weighted by Crippen LogP contribution is -2.50. The highest BCUT2D eigenvalue weighted by Gasteiger charge is 2.35. The van der Waals surface area contributed by atoms with E-state index in [1.165, 1.54) is 11.8 Å². The van der Waals surface area contributed by atoms with E-state index in [-0.39, 0.29) is 35.2 Å². The van der Waals surface area contributed by atoms with Gasteiger partial charge in [0.05, 0.1) is 0 Å². The highest BCUT2D eigenvalue weighted by Crippen LogP contribution is 2.34. The maximum absolute atomic E-state index is 13.9. The second-order valence-corrected chi connectivity index (χ2v) is 8.24. The number of guanidine groups is 1. The normalized spacial score (nSPS) is 20.8. The number of anilines is 1. The Balaban J connectivity index is 0.00000272. The molecule has 1 unspecified atom stereocenters. The fourth-order valence-corrected chi connectivity index (χ4v) is 4.54. The van der Waals surface area contributed by atoms with Crippen molar-refractivity contribution < 1.29 is 9.13 Å². The van der Waals surface area contributed by atoms with Crippen LogP contribution in [-0.2, 0) is 10.2 Å². The fraction of sp³-hybridized carbons (Fsp3) is 0.458. The molecule has 2 N–H and O–H groups in total. The molecule has 2 saturated heterocycles. The van der Waals surface area contributed by atoms with Crippen LogP contribution in [-0.4, -0.2) is 51.9 Å². The molecule has 4 rings (SSSR count). The van der Waals surface area contributed by atoms with Crippen LogP contribution in [0.3, 0.4) is 0 Å². The predicted molar refractivity (Wildman–Crippen MR) is 135 cm³/mol. The zero-order chi connectivity index (χ0) is 20.8. The summed E-state index contributed by atoms with van der Waals surface area (Å²) in [7, 11) is 1.80. The third-order valence-corrected chi connectivity index (χ3v) is 6.36. The summed E-state index contributed by atoms with van der Waals surface area (Å²) >= 11 is 0. The van der Waals surface area contributed by atoms with Crippen molar-refractivity contribution in [3.05, 3.63) is 66.0 Å².